The largest absolute Gasteiger partial charge is 0.481 e. The van der Waals surface area contributed by atoms with E-state index in [9.17, 15) is 87.5 Å². The average molecular weight is 1120 g/mol. The van der Waals surface area contributed by atoms with Gasteiger partial charge in [0.15, 0.2) is 0 Å². The fraction of sp³-hybridized carbons (Fsp3) is 0.708. The SMILES string of the molecule is CC[C@H](C)[C@H](NC(=O)[C@H](CCC(=O)O)NC(=O)[C@H](C)NC(=O)[C@H](CC(=O)O)NC(=O)[C@H](CC(C)C)NC(=O)[C@H](CCC(=O)O)NC(=O)[C@@H](N)CC(=O)O)C(=O)N[C@@H](C)C(=O)N[C@@H](CCCCN)C(=O)N[C@@H](CC(C)C)C(=O)O. The van der Waals surface area contributed by atoms with Gasteiger partial charge in [-0.2, -0.15) is 0 Å². The monoisotopic (exact) mass is 1120 g/mol. The number of carboxylic acids is 5. The van der Waals surface area contributed by atoms with Crippen LogP contribution in [0.2, 0.25) is 0 Å². The summed E-state index contributed by atoms with van der Waals surface area (Å²) >= 11 is 0. The Hall–Kier alpha value is -7.50. The number of carbonyl (C=O) groups is 14. The zero-order chi connectivity index (χ0) is 60.1. The first-order chi connectivity index (χ1) is 36.2. The van der Waals surface area contributed by atoms with Crippen LogP contribution in [0.25, 0.3) is 0 Å². The molecule has 0 saturated heterocycles. The van der Waals surface area contributed by atoms with Crippen LogP contribution < -0.4 is 59.3 Å². The number of aliphatic carboxylic acids is 5. The molecule has 0 fully saturated rings. The van der Waals surface area contributed by atoms with Crippen LogP contribution >= 0.6 is 0 Å². The molecule has 0 heterocycles. The van der Waals surface area contributed by atoms with Crippen molar-refractivity contribution in [2.24, 2.45) is 29.2 Å². The highest BCUT2D eigenvalue weighted by atomic mass is 16.4. The van der Waals surface area contributed by atoms with Crippen molar-refractivity contribution in [1.82, 2.24) is 47.9 Å². The minimum atomic E-state index is -1.95. The van der Waals surface area contributed by atoms with E-state index in [1.54, 1.807) is 41.5 Å². The number of rotatable bonds is 39. The summed E-state index contributed by atoms with van der Waals surface area (Å²) in [4.78, 5) is 179. The van der Waals surface area contributed by atoms with Crippen molar-refractivity contribution in [3.05, 3.63) is 0 Å². The van der Waals surface area contributed by atoms with Gasteiger partial charge in [-0.1, -0.05) is 48.0 Å². The number of amides is 9. The molecule has 0 saturated carbocycles. The van der Waals surface area contributed by atoms with Crippen molar-refractivity contribution >= 4 is 83.0 Å². The highest BCUT2D eigenvalue weighted by molar-refractivity contribution is 5.99. The Morgan fingerprint density at radius 2 is 0.769 bits per heavy atom. The molecule has 0 aliphatic heterocycles. The first-order valence-electron chi connectivity index (χ1n) is 25.5. The van der Waals surface area contributed by atoms with Crippen LogP contribution in [0, 0.1) is 17.8 Å². The molecule has 442 valence electrons. The Balaban J connectivity index is 6.43. The van der Waals surface area contributed by atoms with Crippen LogP contribution in [-0.4, -0.2) is 176 Å². The van der Waals surface area contributed by atoms with Crippen molar-refractivity contribution < 1.29 is 92.7 Å². The lowest BCUT2D eigenvalue weighted by Crippen LogP contribution is -2.61. The molecule has 0 aromatic carbocycles. The maximum Gasteiger partial charge on any atom is 0.326 e. The van der Waals surface area contributed by atoms with Gasteiger partial charge < -0.3 is 84.9 Å². The highest BCUT2D eigenvalue weighted by Gasteiger charge is 2.36. The molecule has 0 aromatic rings. The Kier molecular flexibility index (Phi) is 32.3. The zero-order valence-corrected chi connectivity index (χ0v) is 45.3. The fourth-order valence-electron chi connectivity index (χ4n) is 7.29. The third-order valence-corrected chi connectivity index (χ3v) is 11.8. The fourth-order valence-corrected chi connectivity index (χ4v) is 7.29. The van der Waals surface area contributed by atoms with E-state index in [2.05, 4.69) is 47.9 Å². The van der Waals surface area contributed by atoms with Crippen LogP contribution in [0.15, 0.2) is 0 Å². The Labute approximate surface area is 451 Å². The molecule has 0 aromatic heterocycles. The zero-order valence-electron chi connectivity index (χ0n) is 45.3. The van der Waals surface area contributed by atoms with Gasteiger partial charge in [0.2, 0.25) is 53.2 Å². The molecule has 30 heteroatoms. The van der Waals surface area contributed by atoms with Gasteiger partial charge in [-0.15, -0.1) is 0 Å². The Morgan fingerprint density at radius 3 is 1.19 bits per heavy atom. The van der Waals surface area contributed by atoms with Gasteiger partial charge in [0.05, 0.1) is 18.9 Å². The normalized spacial score (nSPS) is 15.3. The first-order valence-corrected chi connectivity index (χ1v) is 25.5. The van der Waals surface area contributed by atoms with Gasteiger partial charge in [-0.3, -0.25) is 62.3 Å². The van der Waals surface area contributed by atoms with Gasteiger partial charge in [-0.25, -0.2) is 4.79 Å². The first kappa shape index (κ1) is 70.5. The van der Waals surface area contributed by atoms with E-state index in [4.69, 9.17) is 16.6 Å². The summed E-state index contributed by atoms with van der Waals surface area (Å²) < 4.78 is 0. The summed E-state index contributed by atoms with van der Waals surface area (Å²) in [5.41, 5.74) is 11.2. The van der Waals surface area contributed by atoms with Crippen LogP contribution in [0.5, 0.6) is 0 Å². The maximum atomic E-state index is 13.9. The number of hydrogen-bond acceptors (Lipinski definition) is 16. The molecule has 30 nitrogen and oxygen atoms in total. The molecule has 11 atom stereocenters. The predicted molar refractivity (Wildman–Crippen MR) is 274 cm³/mol. The van der Waals surface area contributed by atoms with E-state index in [0.29, 0.717) is 12.8 Å². The summed E-state index contributed by atoms with van der Waals surface area (Å²) in [6.45, 7) is 12.7. The molecule has 0 bridgehead atoms. The summed E-state index contributed by atoms with van der Waals surface area (Å²) in [5, 5.41) is 68.1. The van der Waals surface area contributed by atoms with Gasteiger partial charge in [0.1, 0.15) is 54.4 Å². The van der Waals surface area contributed by atoms with Gasteiger partial charge in [0, 0.05) is 12.8 Å². The summed E-state index contributed by atoms with van der Waals surface area (Å²) in [5.74, 6) is -17.7. The van der Waals surface area contributed by atoms with E-state index < -0.39 is 188 Å². The number of carboxylic acid groups (broad SMARTS) is 5. The minimum Gasteiger partial charge on any atom is -0.481 e. The summed E-state index contributed by atoms with van der Waals surface area (Å²) in [7, 11) is 0. The van der Waals surface area contributed by atoms with E-state index in [1.807, 2.05) is 0 Å². The summed E-state index contributed by atoms with van der Waals surface area (Å²) in [6, 6.07) is -15.4. The third-order valence-electron chi connectivity index (χ3n) is 11.8. The van der Waals surface area contributed by atoms with Crippen LogP contribution in [0.4, 0.5) is 0 Å². The highest BCUT2D eigenvalue weighted by Crippen LogP contribution is 2.13. The lowest BCUT2D eigenvalue weighted by Gasteiger charge is -2.29. The molecule has 0 radical (unpaired) electrons. The number of carbonyl (C=O) groups excluding carboxylic acids is 9. The van der Waals surface area contributed by atoms with E-state index in [1.165, 1.54) is 6.92 Å². The molecule has 0 unspecified atom stereocenters. The molecule has 0 rings (SSSR count). The van der Waals surface area contributed by atoms with Crippen molar-refractivity contribution in [3.63, 3.8) is 0 Å². The Bertz CT molecular complexity index is 2130. The predicted octanol–water partition coefficient (Wildman–Crippen LogP) is -3.25. The van der Waals surface area contributed by atoms with E-state index in [-0.39, 0.29) is 44.1 Å². The van der Waals surface area contributed by atoms with Crippen molar-refractivity contribution in [3.8, 4) is 0 Å². The molecule has 0 aliphatic rings. The quantitative estimate of drug-likeness (QED) is 0.0269. The molecule has 78 heavy (non-hydrogen) atoms. The van der Waals surface area contributed by atoms with E-state index >= 15 is 0 Å². The van der Waals surface area contributed by atoms with Crippen molar-refractivity contribution in [2.75, 3.05) is 6.54 Å². The van der Waals surface area contributed by atoms with Gasteiger partial charge >= 0.3 is 29.8 Å². The van der Waals surface area contributed by atoms with Crippen molar-refractivity contribution in [2.45, 2.75) is 193 Å². The molecule has 0 spiro atoms. The van der Waals surface area contributed by atoms with Crippen LogP contribution in [0.1, 0.15) is 132 Å². The molecule has 18 N–H and O–H groups in total. The minimum absolute atomic E-state index is 0.0720. The van der Waals surface area contributed by atoms with Crippen LogP contribution in [-0.2, 0) is 67.1 Å². The Morgan fingerprint density at radius 1 is 0.397 bits per heavy atom. The molecule has 0 aliphatic carbocycles. The van der Waals surface area contributed by atoms with E-state index in [0.717, 1.165) is 6.92 Å². The second-order valence-electron chi connectivity index (χ2n) is 19.7. The third kappa shape index (κ3) is 28.0. The van der Waals surface area contributed by atoms with Gasteiger partial charge in [0.25, 0.3) is 0 Å². The van der Waals surface area contributed by atoms with Crippen LogP contribution in [0.3, 0.4) is 0 Å². The van der Waals surface area contributed by atoms with Gasteiger partial charge in [-0.05, 0) is 83.1 Å². The average Bonchev–Trinajstić information content (AvgIpc) is 3.33. The molecular formula is C48H81N11O19. The smallest absolute Gasteiger partial charge is 0.326 e. The second-order valence-corrected chi connectivity index (χ2v) is 19.7. The van der Waals surface area contributed by atoms with Crippen molar-refractivity contribution in [1.29, 1.82) is 0 Å². The topological polar surface area (TPSA) is 500 Å². The second kappa shape index (κ2) is 35.8. The molecular weight excluding hydrogens is 1030 g/mol. The number of nitrogens with two attached hydrogens (primary N) is 2. The standard InChI is InChI=1S/C48H81N11O19/c1-9-24(6)38(47(76)52-26(8)40(69)53-28(12-10-11-17-49)42(71)58-33(48(77)78)19-23(4)5)59-44(73)30(14-16-35(62)63)54-39(68)25(7)51-45(74)32(21-37(66)67)57-46(75)31(18-22(2)3)56-43(72)29(13-15-34(60)61)55-41(70)27(50)20-36(64)65/h22-33,38H,9-21,49-50H2,1-8H3,(H,51,74)(H,52,76)(H,53,69)(H,54,68)(H,55,70)(H,56,72)(H,57,75)(H,58,71)(H,59,73)(H,60,61)(H,62,63)(H,64,65)(H,66,67)(H,77,78)/t24-,25-,26-,27-,28-,29-,30-,31-,32-,33-,38-/m0/s1. The number of unbranched alkanes of at least 4 members (excludes halogenated alkanes) is 1. The summed E-state index contributed by atoms with van der Waals surface area (Å²) in [6.07, 6.45) is -3.31. The maximum absolute atomic E-state index is 13.9. The molecule has 9 amide bonds. The number of nitrogens with one attached hydrogen (secondary N) is 9. The lowest BCUT2D eigenvalue weighted by molar-refractivity contribution is -0.143. The number of hydrogen-bond donors (Lipinski definition) is 16. The lowest BCUT2D eigenvalue weighted by atomic mass is 9.97.